The lowest BCUT2D eigenvalue weighted by Gasteiger charge is -2.22. The van der Waals surface area contributed by atoms with Crippen LogP contribution in [0.1, 0.15) is 29.3 Å². The normalized spacial score (nSPS) is 19.6. The quantitative estimate of drug-likeness (QED) is 0.737. The topological polar surface area (TPSA) is 64.2 Å². The van der Waals surface area contributed by atoms with Crippen molar-refractivity contribution in [3.63, 3.8) is 0 Å². The highest BCUT2D eigenvalue weighted by molar-refractivity contribution is 7.13. The van der Waals surface area contributed by atoms with Gasteiger partial charge >= 0.3 is 0 Å². The van der Waals surface area contributed by atoms with Crippen molar-refractivity contribution in [2.24, 2.45) is 11.1 Å². The van der Waals surface area contributed by atoms with Gasteiger partial charge in [0.25, 0.3) is 5.91 Å². The molecule has 1 fully saturated rings. The van der Waals surface area contributed by atoms with Gasteiger partial charge in [-0.1, -0.05) is 43.3 Å². The number of thiophene rings is 1. The van der Waals surface area contributed by atoms with Crippen molar-refractivity contribution in [3.8, 4) is 10.6 Å². The first-order valence-corrected chi connectivity index (χ1v) is 10.1. The maximum Gasteiger partial charge on any atom is 0.257 e. The monoisotopic (exact) mass is 380 g/mol. The Morgan fingerprint density at radius 2 is 2.07 bits per heavy atom. The van der Waals surface area contributed by atoms with Crippen LogP contribution >= 0.6 is 11.3 Å². The zero-order valence-corrected chi connectivity index (χ0v) is 16.3. The second-order valence-electron chi connectivity index (χ2n) is 7.54. The zero-order valence-electron chi connectivity index (χ0n) is 15.5. The van der Waals surface area contributed by atoms with Crippen LogP contribution in [0.2, 0.25) is 0 Å². The van der Waals surface area contributed by atoms with Gasteiger partial charge in [-0.3, -0.25) is 9.48 Å². The van der Waals surface area contributed by atoms with Gasteiger partial charge in [-0.15, -0.1) is 11.3 Å². The largest absolute Gasteiger partial charge is 0.338 e. The van der Waals surface area contributed by atoms with E-state index in [1.54, 1.807) is 11.3 Å². The third kappa shape index (κ3) is 3.68. The van der Waals surface area contributed by atoms with Crippen LogP contribution < -0.4 is 5.73 Å². The number of hydrogen-bond donors (Lipinski definition) is 1. The van der Waals surface area contributed by atoms with E-state index in [1.807, 2.05) is 51.5 Å². The molecular weight excluding hydrogens is 356 g/mol. The van der Waals surface area contributed by atoms with E-state index in [1.165, 1.54) is 0 Å². The van der Waals surface area contributed by atoms with Crippen molar-refractivity contribution >= 4 is 17.2 Å². The fourth-order valence-electron chi connectivity index (χ4n) is 3.56. The van der Waals surface area contributed by atoms with Crippen LogP contribution in [0.25, 0.3) is 10.6 Å². The molecule has 1 amide bonds. The minimum Gasteiger partial charge on any atom is -0.338 e. The summed E-state index contributed by atoms with van der Waals surface area (Å²) in [6.07, 6.45) is 2.84. The molecule has 2 aromatic heterocycles. The Hall–Kier alpha value is -2.44. The Kier molecular flexibility index (Phi) is 4.85. The molecule has 1 saturated heterocycles. The molecule has 1 atom stereocenters. The summed E-state index contributed by atoms with van der Waals surface area (Å²) in [4.78, 5) is 16.2. The van der Waals surface area contributed by atoms with Crippen LogP contribution in [0.5, 0.6) is 0 Å². The van der Waals surface area contributed by atoms with Crippen LogP contribution in [-0.2, 0) is 6.54 Å². The number of carbonyl (C=O) groups is 1. The van der Waals surface area contributed by atoms with Gasteiger partial charge in [0.05, 0.1) is 17.0 Å². The minimum absolute atomic E-state index is 0.0127. The van der Waals surface area contributed by atoms with E-state index in [0.717, 1.165) is 29.1 Å². The first-order chi connectivity index (χ1) is 13.1. The summed E-state index contributed by atoms with van der Waals surface area (Å²) in [5.41, 5.74) is 8.53. The van der Waals surface area contributed by atoms with Gasteiger partial charge in [0, 0.05) is 19.3 Å². The fourth-order valence-corrected chi connectivity index (χ4v) is 4.28. The van der Waals surface area contributed by atoms with E-state index in [9.17, 15) is 4.79 Å². The van der Waals surface area contributed by atoms with Crippen molar-refractivity contribution in [2.75, 3.05) is 19.6 Å². The van der Waals surface area contributed by atoms with E-state index < -0.39 is 0 Å². The maximum atomic E-state index is 13.3. The first kappa shape index (κ1) is 17.9. The van der Waals surface area contributed by atoms with E-state index in [4.69, 9.17) is 10.8 Å². The molecule has 0 aliphatic carbocycles. The number of hydrogen-bond acceptors (Lipinski definition) is 4. The Labute approximate surface area is 163 Å². The van der Waals surface area contributed by atoms with Crippen molar-refractivity contribution < 1.29 is 4.79 Å². The predicted octanol–water partition coefficient (Wildman–Crippen LogP) is 3.47. The Bertz CT molecular complexity index is 919. The van der Waals surface area contributed by atoms with Crippen LogP contribution in [0.3, 0.4) is 0 Å². The molecule has 1 aliphatic heterocycles. The molecule has 27 heavy (non-hydrogen) atoms. The van der Waals surface area contributed by atoms with Gasteiger partial charge in [-0.2, -0.15) is 5.10 Å². The van der Waals surface area contributed by atoms with E-state index >= 15 is 0 Å². The standard InChI is InChI=1S/C21H24N4OS/c1-21(14-22)9-10-24(15-21)20(26)17-13-25(12-16-6-3-2-4-7-16)23-19(17)18-8-5-11-27-18/h2-8,11,13H,9-10,12,14-15,22H2,1H3. The Balaban J connectivity index is 1.65. The van der Waals surface area contributed by atoms with Gasteiger partial charge < -0.3 is 10.6 Å². The first-order valence-electron chi connectivity index (χ1n) is 9.23. The molecule has 0 radical (unpaired) electrons. The van der Waals surface area contributed by atoms with E-state index in [-0.39, 0.29) is 11.3 Å². The smallest absolute Gasteiger partial charge is 0.257 e. The summed E-state index contributed by atoms with van der Waals surface area (Å²) >= 11 is 1.61. The number of nitrogens with two attached hydrogens (primary N) is 1. The molecule has 3 heterocycles. The number of carbonyl (C=O) groups excluding carboxylic acids is 1. The lowest BCUT2D eigenvalue weighted by atomic mass is 9.90. The lowest BCUT2D eigenvalue weighted by Crippen LogP contribution is -2.34. The van der Waals surface area contributed by atoms with Crippen molar-refractivity contribution in [3.05, 3.63) is 65.2 Å². The SMILES string of the molecule is CC1(CN)CCN(C(=O)c2cn(Cc3ccccc3)nc2-c2cccs2)C1. The highest BCUT2D eigenvalue weighted by Crippen LogP contribution is 2.32. The molecule has 0 bridgehead atoms. The second-order valence-corrected chi connectivity index (χ2v) is 8.49. The molecule has 1 unspecified atom stereocenters. The number of amides is 1. The average molecular weight is 381 g/mol. The highest BCUT2D eigenvalue weighted by Gasteiger charge is 2.36. The van der Waals surface area contributed by atoms with Gasteiger partial charge in [0.1, 0.15) is 5.69 Å². The van der Waals surface area contributed by atoms with Crippen LogP contribution in [-0.4, -0.2) is 40.2 Å². The number of benzene rings is 1. The third-order valence-electron chi connectivity index (χ3n) is 5.27. The molecule has 5 nitrogen and oxygen atoms in total. The molecule has 6 heteroatoms. The van der Waals surface area contributed by atoms with Gasteiger partial charge in [-0.25, -0.2) is 0 Å². The van der Waals surface area contributed by atoms with Crippen molar-refractivity contribution in [2.45, 2.75) is 19.9 Å². The van der Waals surface area contributed by atoms with E-state index in [0.29, 0.717) is 25.2 Å². The molecule has 4 rings (SSSR count). The Morgan fingerprint density at radius 1 is 1.26 bits per heavy atom. The zero-order chi connectivity index (χ0) is 18.9. The molecule has 3 aromatic rings. The molecular formula is C21H24N4OS. The molecule has 0 saturated carbocycles. The number of aromatic nitrogens is 2. The second kappa shape index (κ2) is 7.29. The number of likely N-dealkylation sites (tertiary alicyclic amines) is 1. The molecule has 1 aliphatic rings. The number of nitrogens with zero attached hydrogens (tertiary/aromatic N) is 3. The van der Waals surface area contributed by atoms with Crippen molar-refractivity contribution in [1.29, 1.82) is 0 Å². The van der Waals surface area contributed by atoms with Crippen LogP contribution in [0, 0.1) is 5.41 Å². The Morgan fingerprint density at radius 3 is 2.74 bits per heavy atom. The van der Waals surface area contributed by atoms with Crippen LogP contribution in [0.15, 0.2) is 54.0 Å². The van der Waals surface area contributed by atoms with Gasteiger partial charge in [0.2, 0.25) is 0 Å². The fraction of sp³-hybridized carbons (Fsp3) is 0.333. The number of rotatable bonds is 5. The summed E-state index contributed by atoms with van der Waals surface area (Å²) in [7, 11) is 0. The van der Waals surface area contributed by atoms with Gasteiger partial charge in [0.15, 0.2) is 0 Å². The highest BCUT2D eigenvalue weighted by atomic mass is 32.1. The molecule has 0 spiro atoms. The maximum absolute atomic E-state index is 13.3. The third-order valence-corrected chi connectivity index (χ3v) is 6.15. The average Bonchev–Trinajstić information content (AvgIpc) is 3.42. The summed E-state index contributed by atoms with van der Waals surface area (Å²) in [6.45, 7) is 4.85. The summed E-state index contributed by atoms with van der Waals surface area (Å²) in [5, 5.41) is 6.77. The summed E-state index contributed by atoms with van der Waals surface area (Å²) in [5.74, 6) is 0.0508. The molecule has 140 valence electrons. The summed E-state index contributed by atoms with van der Waals surface area (Å²) in [6, 6.07) is 14.2. The van der Waals surface area contributed by atoms with Crippen LogP contribution in [0.4, 0.5) is 0 Å². The minimum atomic E-state index is 0.0127. The lowest BCUT2D eigenvalue weighted by molar-refractivity contribution is 0.0777. The molecule has 1 aromatic carbocycles. The molecule has 2 N–H and O–H groups in total. The predicted molar refractivity (Wildman–Crippen MR) is 109 cm³/mol. The summed E-state index contributed by atoms with van der Waals surface area (Å²) < 4.78 is 1.87. The van der Waals surface area contributed by atoms with Gasteiger partial charge in [-0.05, 0) is 35.4 Å². The van der Waals surface area contributed by atoms with E-state index in [2.05, 4.69) is 19.1 Å². The van der Waals surface area contributed by atoms with Crippen molar-refractivity contribution in [1.82, 2.24) is 14.7 Å².